The standard InChI is InChI=1S/C19H18O6/c1-21-16-9-12(17(22-2)19(24-4)18(16)23-3)15-10-13(20)11-7-5-6-8-14(11)25-15/h5-10H,1-4H3. The number of hydrogen-bond donors (Lipinski definition) is 0. The Bertz CT molecular complexity index is 974. The molecule has 0 saturated carbocycles. The Labute approximate surface area is 144 Å². The number of ether oxygens (including phenoxy) is 4. The maximum Gasteiger partial charge on any atom is 0.208 e. The van der Waals surface area contributed by atoms with Gasteiger partial charge in [0.05, 0.1) is 39.4 Å². The molecule has 0 N–H and O–H groups in total. The Morgan fingerprint density at radius 3 is 2.12 bits per heavy atom. The van der Waals surface area contributed by atoms with Crippen LogP contribution in [-0.2, 0) is 0 Å². The Morgan fingerprint density at radius 1 is 0.800 bits per heavy atom. The van der Waals surface area contributed by atoms with Crippen LogP contribution >= 0.6 is 0 Å². The lowest BCUT2D eigenvalue weighted by Gasteiger charge is -2.18. The highest BCUT2D eigenvalue weighted by Crippen LogP contribution is 2.49. The van der Waals surface area contributed by atoms with Gasteiger partial charge in [-0.3, -0.25) is 4.79 Å². The molecule has 1 heterocycles. The molecule has 0 aliphatic rings. The van der Waals surface area contributed by atoms with Crippen molar-refractivity contribution in [2.45, 2.75) is 0 Å². The average Bonchev–Trinajstić information content (AvgIpc) is 2.65. The van der Waals surface area contributed by atoms with Gasteiger partial charge in [-0.25, -0.2) is 0 Å². The van der Waals surface area contributed by atoms with Gasteiger partial charge in [0.25, 0.3) is 0 Å². The van der Waals surface area contributed by atoms with Gasteiger partial charge >= 0.3 is 0 Å². The van der Waals surface area contributed by atoms with Crippen molar-refractivity contribution >= 4 is 11.0 Å². The fourth-order valence-electron chi connectivity index (χ4n) is 2.75. The fraction of sp³-hybridized carbons (Fsp3) is 0.211. The van der Waals surface area contributed by atoms with E-state index < -0.39 is 0 Å². The second kappa shape index (κ2) is 6.76. The summed E-state index contributed by atoms with van der Waals surface area (Å²) < 4.78 is 27.6. The summed E-state index contributed by atoms with van der Waals surface area (Å²) in [7, 11) is 6.03. The zero-order valence-corrected chi connectivity index (χ0v) is 14.4. The van der Waals surface area contributed by atoms with Crippen LogP contribution in [0.15, 0.2) is 45.6 Å². The summed E-state index contributed by atoms with van der Waals surface area (Å²) in [6, 6.07) is 10.2. The number of fused-ring (bicyclic) bond motifs is 1. The molecule has 3 rings (SSSR count). The highest BCUT2D eigenvalue weighted by molar-refractivity contribution is 5.82. The van der Waals surface area contributed by atoms with E-state index >= 15 is 0 Å². The molecular formula is C19H18O6. The molecule has 0 atom stereocenters. The number of methoxy groups -OCH3 is 4. The van der Waals surface area contributed by atoms with E-state index in [1.54, 1.807) is 24.3 Å². The van der Waals surface area contributed by atoms with Crippen molar-refractivity contribution in [2.24, 2.45) is 0 Å². The van der Waals surface area contributed by atoms with Crippen molar-refractivity contribution in [1.29, 1.82) is 0 Å². The van der Waals surface area contributed by atoms with Crippen LogP contribution in [0.4, 0.5) is 0 Å². The molecule has 0 spiro atoms. The zero-order chi connectivity index (χ0) is 18.0. The molecule has 0 amide bonds. The molecule has 0 saturated heterocycles. The van der Waals surface area contributed by atoms with Crippen LogP contribution in [-0.4, -0.2) is 28.4 Å². The van der Waals surface area contributed by atoms with Gasteiger partial charge in [-0.15, -0.1) is 0 Å². The molecule has 6 nitrogen and oxygen atoms in total. The Kier molecular flexibility index (Phi) is 4.52. The molecule has 0 aliphatic heterocycles. The van der Waals surface area contributed by atoms with Gasteiger partial charge in [-0.2, -0.15) is 0 Å². The van der Waals surface area contributed by atoms with Crippen LogP contribution in [0.5, 0.6) is 23.0 Å². The normalized spacial score (nSPS) is 10.6. The van der Waals surface area contributed by atoms with Crippen molar-refractivity contribution in [1.82, 2.24) is 0 Å². The van der Waals surface area contributed by atoms with E-state index in [0.717, 1.165) is 0 Å². The van der Waals surface area contributed by atoms with Gasteiger partial charge < -0.3 is 23.4 Å². The minimum atomic E-state index is -0.146. The van der Waals surface area contributed by atoms with Crippen LogP contribution < -0.4 is 24.4 Å². The van der Waals surface area contributed by atoms with Crippen LogP contribution in [0.2, 0.25) is 0 Å². The third-order valence-electron chi connectivity index (χ3n) is 3.89. The first-order valence-electron chi connectivity index (χ1n) is 7.54. The molecule has 25 heavy (non-hydrogen) atoms. The molecular weight excluding hydrogens is 324 g/mol. The maximum absolute atomic E-state index is 12.4. The monoisotopic (exact) mass is 342 g/mol. The largest absolute Gasteiger partial charge is 0.493 e. The summed E-state index contributed by atoms with van der Waals surface area (Å²) in [5.74, 6) is 1.92. The van der Waals surface area contributed by atoms with E-state index in [4.69, 9.17) is 23.4 Å². The van der Waals surface area contributed by atoms with Crippen molar-refractivity contribution in [3.05, 3.63) is 46.6 Å². The summed E-state index contributed by atoms with van der Waals surface area (Å²) in [6.45, 7) is 0. The van der Waals surface area contributed by atoms with Crippen LogP contribution in [0.1, 0.15) is 0 Å². The van der Waals surface area contributed by atoms with E-state index in [1.807, 2.05) is 6.07 Å². The molecule has 130 valence electrons. The number of rotatable bonds is 5. The Balaban J connectivity index is 2.35. The molecule has 3 aromatic rings. The van der Waals surface area contributed by atoms with Crippen molar-refractivity contribution < 1.29 is 23.4 Å². The highest BCUT2D eigenvalue weighted by atomic mass is 16.5. The molecule has 0 bridgehead atoms. The zero-order valence-electron chi connectivity index (χ0n) is 14.4. The summed E-state index contributed by atoms with van der Waals surface area (Å²) in [4.78, 5) is 12.4. The second-order valence-electron chi connectivity index (χ2n) is 5.20. The maximum atomic E-state index is 12.4. The third-order valence-corrected chi connectivity index (χ3v) is 3.89. The molecule has 0 fully saturated rings. The van der Waals surface area contributed by atoms with Crippen molar-refractivity contribution in [3.63, 3.8) is 0 Å². The van der Waals surface area contributed by atoms with Gasteiger partial charge in [-0.05, 0) is 18.2 Å². The minimum Gasteiger partial charge on any atom is -0.493 e. The average molecular weight is 342 g/mol. The van der Waals surface area contributed by atoms with E-state index in [0.29, 0.717) is 45.3 Å². The van der Waals surface area contributed by atoms with E-state index in [-0.39, 0.29) is 5.43 Å². The van der Waals surface area contributed by atoms with E-state index in [9.17, 15) is 4.79 Å². The molecule has 0 aliphatic carbocycles. The number of hydrogen-bond acceptors (Lipinski definition) is 6. The number of benzene rings is 2. The Morgan fingerprint density at radius 2 is 1.48 bits per heavy atom. The molecule has 6 heteroatoms. The lowest BCUT2D eigenvalue weighted by Crippen LogP contribution is -2.03. The van der Waals surface area contributed by atoms with Gasteiger partial charge in [-0.1, -0.05) is 12.1 Å². The van der Waals surface area contributed by atoms with Crippen molar-refractivity contribution in [2.75, 3.05) is 28.4 Å². The molecule has 0 radical (unpaired) electrons. The van der Waals surface area contributed by atoms with Gasteiger partial charge in [0.2, 0.25) is 11.5 Å². The van der Waals surface area contributed by atoms with Gasteiger partial charge in [0.15, 0.2) is 16.9 Å². The highest BCUT2D eigenvalue weighted by Gasteiger charge is 2.24. The molecule has 2 aromatic carbocycles. The van der Waals surface area contributed by atoms with Gasteiger partial charge in [0.1, 0.15) is 11.3 Å². The predicted molar refractivity (Wildman–Crippen MR) is 94.1 cm³/mol. The topological polar surface area (TPSA) is 67.1 Å². The van der Waals surface area contributed by atoms with Crippen molar-refractivity contribution in [3.8, 4) is 34.3 Å². The first kappa shape index (κ1) is 16.7. The lowest BCUT2D eigenvalue weighted by molar-refractivity contribution is 0.306. The lowest BCUT2D eigenvalue weighted by atomic mass is 10.1. The second-order valence-corrected chi connectivity index (χ2v) is 5.20. The van der Waals surface area contributed by atoms with Crippen LogP contribution in [0.3, 0.4) is 0 Å². The smallest absolute Gasteiger partial charge is 0.208 e. The SMILES string of the molecule is COc1cc(-c2cc(=O)c3ccccc3o2)c(OC)c(OC)c1OC. The third kappa shape index (κ3) is 2.76. The first-order chi connectivity index (χ1) is 12.1. The minimum absolute atomic E-state index is 0.146. The quantitative estimate of drug-likeness (QED) is 0.707. The van der Waals surface area contributed by atoms with Crippen LogP contribution in [0.25, 0.3) is 22.3 Å². The molecule has 0 unspecified atom stereocenters. The summed E-state index contributed by atoms with van der Waals surface area (Å²) in [5, 5.41) is 0.512. The van der Waals surface area contributed by atoms with Gasteiger partial charge in [0, 0.05) is 6.07 Å². The van der Waals surface area contributed by atoms with E-state index in [2.05, 4.69) is 0 Å². The van der Waals surface area contributed by atoms with Crippen LogP contribution in [0, 0.1) is 0 Å². The fourth-order valence-corrected chi connectivity index (χ4v) is 2.75. The first-order valence-corrected chi connectivity index (χ1v) is 7.54. The van der Waals surface area contributed by atoms with E-state index in [1.165, 1.54) is 34.5 Å². The summed E-state index contributed by atoms with van der Waals surface area (Å²) >= 11 is 0. The molecule has 1 aromatic heterocycles. The summed E-state index contributed by atoms with van der Waals surface area (Å²) in [6.07, 6.45) is 0. The number of para-hydroxylation sites is 1. The predicted octanol–water partition coefficient (Wildman–Crippen LogP) is 3.49. The summed E-state index contributed by atoms with van der Waals surface area (Å²) in [5.41, 5.74) is 0.869. The Hall–Kier alpha value is -3.15.